The van der Waals surface area contributed by atoms with Crippen molar-refractivity contribution in [3.63, 3.8) is 0 Å². The fourth-order valence-electron chi connectivity index (χ4n) is 1.77. The first kappa shape index (κ1) is 11.2. The van der Waals surface area contributed by atoms with E-state index in [0.717, 1.165) is 0 Å². The average molecular weight is 224 g/mol. The molecule has 1 heterocycles. The number of esters is 2. The molecule has 1 aliphatic carbocycles. The average Bonchev–Trinajstić information content (AvgIpc) is 2.29. The summed E-state index contributed by atoms with van der Waals surface area (Å²) in [6.07, 6.45) is 3.47. The van der Waals surface area contributed by atoms with Gasteiger partial charge in [0, 0.05) is 5.92 Å². The summed E-state index contributed by atoms with van der Waals surface area (Å²) in [7, 11) is 0. The second kappa shape index (κ2) is 3.61. The van der Waals surface area contributed by atoms with Gasteiger partial charge in [-0.3, -0.25) is 9.59 Å². The van der Waals surface area contributed by atoms with Crippen molar-refractivity contribution in [3.8, 4) is 0 Å². The molecule has 16 heavy (non-hydrogen) atoms. The molecule has 1 saturated heterocycles. The van der Waals surface area contributed by atoms with Crippen molar-refractivity contribution in [2.24, 2.45) is 17.3 Å². The molecule has 0 aromatic rings. The summed E-state index contributed by atoms with van der Waals surface area (Å²) in [6, 6.07) is 0. The van der Waals surface area contributed by atoms with Gasteiger partial charge in [0.05, 0.1) is 11.3 Å². The van der Waals surface area contributed by atoms with Crippen LogP contribution in [0.3, 0.4) is 0 Å². The van der Waals surface area contributed by atoms with Crippen molar-refractivity contribution in [2.45, 2.75) is 26.9 Å². The Morgan fingerprint density at radius 2 is 2.12 bits per heavy atom. The maximum absolute atomic E-state index is 11.5. The summed E-state index contributed by atoms with van der Waals surface area (Å²) in [6.45, 7) is 5.54. The van der Waals surface area contributed by atoms with Gasteiger partial charge >= 0.3 is 11.9 Å². The van der Waals surface area contributed by atoms with Crippen molar-refractivity contribution in [1.29, 1.82) is 0 Å². The molecule has 0 saturated carbocycles. The summed E-state index contributed by atoms with van der Waals surface area (Å²) >= 11 is 0. The van der Waals surface area contributed by atoms with Gasteiger partial charge < -0.3 is 9.47 Å². The molecule has 0 unspecified atom stereocenters. The molecule has 0 spiro atoms. The van der Waals surface area contributed by atoms with E-state index in [0.29, 0.717) is 0 Å². The Bertz CT molecular complexity index is 351. The summed E-state index contributed by atoms with van der Waals surface area (Å²) in [5.41, 5.74) is -0.516. The van der Waals surface area contributed by atoms with Crippen LogP contribution in [0.1, 0.15) is 20.8 Å². The largest absolute Gasteiger partial charge is 0.461 e. The molecule has 1 aliphatic heterocycles. The standard InChI is InChI=1S/C12H16O4/c1-12(2,3)11(14)15-6-9-7-4-5-8(7)10(13)16-9/h4-5,7-9H,6H2,1-3H3/t7-,8+,9-/m1/s1. The maximum Gasteiger partial charge on any atom is 0.313 e. The fraction of sp³-hybridized carbons (Fsp3) is 0.667. The highest BCUT2D eigenvalue weighted by Crippen LogP contribution is 2.37. The van der Waals surface area contributed by atoms with Crippen LogP contribution in [0.2, 0.25) is 0 Å². The van der Waals surface area contributed by atoms with Crippen LogP contribution in [0, 0.1) is 17.3 Å². The minimum atomic E-state index is -0.516. The third-order valence-electron chi connectivity index (χ3n) is 2.92. The predicted molar refractivity (Wildman–Crippen MR) is 56.4 cm³/mol. The van der Waals surface area contributed by atoms with E-state index < -0.39 is 5.41 Å². The number of ether oxygens (including phenoxy) is 2. The van der Waals surface area contributed by atoms with E-state index in [2.05, 4.69) is 0 Å². The minimum absolute atomic E-state index is 0.0975. The van der Waals surface area contributed by atoms with Gasteiger partial charge in [0.25, 0.3) is 0 Å². The first-order valence-electron chi connectivity index (χ1n) is 5.45. The van der Waals surface area contributed by atoms with Gasteiger partial charge in [-0.05, 0) is 20.8 Å². The quantitative estimate of drug-likeness (QED) is 0.524. The number of fused-ring (bicyclic) bond motifs is 1. The lowest BCUT2D eigenvalue weighted by molar-refractivity contribution is -0.160. The van der Waals surface area contributed by atoms with Gasteiger partial charge in [-0.15, -0.1) is 0 Å². The molecule has 3 atom stereocenters. The molecule has 4 nitrogen and oxygen atoms in total. The predicted octanol–water partition coefficient (Wildman–Crippen LogP) is 1.30. The Labute approximate surface area is 94.6 Å². The number of rotatable bonds is 2. The molecule has 0 bridgehead atoms. The molecule has 0 radical (unpaired) electrons. The van der Waals surface area contributed by atoms with Crippen molar-refractivity contribution >= 4 is 11.9 Å². The van der Waals surface area contributed by atoms with Crippen molar-refractivity contribution in [1.82, 2.24) is 0 Å². The number of hydrogen-bond acceptors (Lipinski definition) is 4. The Morgan fingerprint density at radius 3 is 2.56 bits per heavy atom. The molecular formula is C12H16O4. The van der Waals surface area contributed by atoms with E-state index in [1.165, 1.54) is 0 Å². The van der Waals surface area contributed by atoms with Gasteiger partial charge in [0.1, 0.15) is 12.7 Å². The second-order valence-electron chi connectivity index (χ2n) is 5.31. The zero-order valence-corrected chi connectivity index (χ0v) is 9.73. The number of carbonyl (C=O) groups excluding carboxylic acids is 2. The smallest absolute Gasteiger partial charge is 0.313 e. The molecule has 0 aromatic heterocycles. The summed E-state index contributed by atoms with van der Waals surface area (Å²) in [4.78, 5) is 22.8. The van der Waals surface area contributed by atoms with Gasteiger partial charge in [0.2, 0.25) is 0 Å². The lowest BCUT2D eigenvalue weighted by Gasteiger charge is -2.23. The molecule has 1 fully saturated rings. The van der Waals surface area contributed by atoms with Gasteiger partial charge in [-0.25, -0.2) is 0 Å². The van der Waals surface area contributed by atoms with E-state index in [9.17, 15) is 9.59 Å². The highest BCUT2D eigenvalue weighted by molar-refractivity contribution is 5.80. The lowest BCUT2D eigenvalue weighted by Crippen LogP contribution is -2.31. The van der Waals surface area contributed by atoms with E-state index in [-0.39, 0.29) is 36.5 Å². The maximum atomic E-state index is 11.5. The number of hydrogen-bond donors (Lipinski definition) is 0. The summed E-state index contributed by atoms with van der Waals surface area (Å²) in [5.74, 6) is -0.488. The molecule has 0 amide bonds. The van der Waals surface area contributed by atoms with Crippen molar-refractivity contribution in [2.75, 3.05) is 6.61 Å². The van der Waals surface area contributed by atoms with E-state index in [1.54, 1.807) is 20.8 Å². The molecule has 0 N–H and O–H groups in total. The fourth-order valence-corrected chi connectivity index (χ4v) is 1.77. The molecule has 2 rings (SSSR count). The molecule has 88 valence electrons. The van der Waals surface area contributed by atoms with Crippen LogP contribution in [0.15, 0.2) is 12.2 Å². The number of carbonyl (C=O) groups is 2. The third-order valence-corrected chi connectivity index (χ3v) is 2.92. The lowest BCUT2D eigenvalue weighted by atomic mass is 9.81. The molecule has 2 aliphatic rings. The first-order valence-corrected chi connectivity index (χ1v) is 5.45. The molecule has 4 heteroatoms. The van der Waals surface area contributed by atoms with Gasteiger partial charge in [-0.2, -0.15) is 0 Å². The molecule has 0 aromatic carbocycles. The van der Waals surface area contributed by atoms with Crippen LogP contribution in [-0.2, 0) is 19.1 Å². The van der Waals surface area contributed by atoms with E-state index in [4.69, 9.17) is 9.47 Å². The van der Waals surface area contributed by atoms with E-state index >= 15 is 0 Å². The van der Waals surface area contributed by atoms with Crippen molar-refractivity contribution in [3.05, 3.63) is 12.2 Å². The third kappa shape index (κ3) is 1.84. The minimum Gasteiger partial charge on any atom is -0.461 e. The molecular weight excluding hydrogens is 208 g/mol. The second-order valence-corrected chi connectivity index (χ2v) is 5.31. The zero-order chi connectivity index (χ0) is 11.9. The highest BCUT2D eigenvalue weighted by Gasteiger charge is 2.46. The highest BCUT2D eigenvalue weighted by atomic mass is 16.6. The van der Waals surface area contributed by atoms with Crippen LogP contribution in [-0.4, -0.2) is 24.6 Å². The van der Waals surface area contributed by atoms with Crippen LogP contribution in [0.4, 0.5) is 0 Å². The Kier molecular flexibility index (Phi) is 2.52. The topological polar surface area (TPSA) is 52.6 Å². The normalized spacial score (nSPS) is 31.7. The monoisotopic (exact) mass is 224 g/mol. The van der Waals surface area contributed by atoms with Crippen LogP contribution in [0.25, 0.3) is 0 Å². The van der Waals surface area contributed by atoms with Crippen LogP contribution in [0.5, 0.6) is 0 Å². The van der Waals surface area contributed by atoms with Crippen molar-refractivity contribution < 1.29 is 19.1 Å². The Morgan fingerprint density at radius 1 is 1.44 bits per heavy atom. The van der Waals surface area contributed by atoms with Gasteiger partial charge in [0.15, 0.2) is 0 Å². The van der Waals surface area contributed by atoms with Crippen LogP contribution >= 0.6 is 0 Å². The Hall–Kier alpha value is -1.32. The Balaban J connectivity index is 1.86. The number of cyclic esters (lactones) is 1. The van der Waals surface area contributed by atoms with Gasteiger partial charge in [-0.1, -0.05) is 12.2 Å². The summed E-state index contributed by atoms with van der Waals surface area (Å²) < 4.78 is 10.3. The SMILES string of the molecule is CC(C)(C)C(=O)OC[C@H]1OC(=O)[C@H]2C=C[C@H]21. The van der Waals surface area contributed by atoms with E-state index in [1.807, 2.05) is 12.2 Å². The summed E-state index contributed by atoms with van der Waals surface area (Å²) in [5, 5.41) is 0. The van der Waals surface area contributed by atoms with Crippen LogP contribution < -0.4 is 0 Å². The first-order chi connectivity index (χ1) is 7.39. The zero-order valence-electron chi connectivity index (χ0n) is 9.73.